The molecule has 0 spiro atoms. The highest BCUT2D eigenvalue weighted by Crippen LogP contribution is 2.07. The van der Waals surface area contributed by atoms with Crippen molar-refractivity contribution in [3.8, 4) is 0 Å². The van der Waals surface area contributed by atoms with Gasteiger partial charge in [0, 0.05) is 31.4 Å². The van der Waals surface area contributed by atoms with Crippen molar-refractivity contribution in [1.29, 1.82) is 0 Å². The highest BCUT2D eigenvalue weighted by Gasteiger charge is 2.08. The summed E-state index contributed by atoms with van der Waals surface area (Å²) in [5, 5.41) is 16.7. The Morgan fingerprint density at radius 2 is 2.27 bits per heavy atom. The molecular weight excluding hydrogens is 190 g/mol. The number of hydrogen-bond donors (Lipinski definition) is 2. The summed E-state index contributed by atoms with van der Waals surface area (Å²) in [6, 6.07) is 0.190. The van der Waals surface area contributed by atoms with Crippen LogP contribution >= 0.6 is 0 Å². The van der Waals surface area contributed by atoms with Crippen LogP contribution in [0.2, 0.25) is 0 Å². The summed E-state index contributed by atoms with van der Waals surface area (Å²) in [6.07, 6.45) is 3.93. The lowest BCUT2D eigenvalue weighted by Crippen LogP contribution is -2.31. The van der Waals surface area contributed by atoms with E-state index < -0.39 is 0 Å². The molecule has 0 aliphatic carbocycles. The van der Waals surface area contributed by atoms with Gasteiger partial charge in [-0.25, -0.2) is 0 Å². The molecule has 0 fully saturated rings. The molecule has 1 atom stereocenters. The maximum atomic E-state index is 9.05. The van der Waals surface area contributed by atoms with Gasteiger partial charge in [-0.1, -0.05) is 13.8 Å². The Morgan fingerprint density at radius 1 is 1.53 bits per heavy atom. The van der Waals surface area contributed by atoms with E-state index in [9.17, 15) is 0 Å². The van der Waals surface area contributed by atoms with Crippen LogP contribution < -0.4 is 5.32 Å². The summed E-state index contributed by atoms with van der Waals surface area (Å²) in [5.74, 6) is 0. The molecule has 0 aliphatic heterocycles. The van der Waals surface area contributed by atoms with Crippen LogP contribution in [0.15, 0.2) is 6.20 Å². The molecule has 15 heavy (non-hydrogen) atoms. The first-order valence-corrected chi connectivity index (χ1v) is 5.56. The Labute approximate surface area is 91.3 Å². The van der Waals surface area contributed by atoms with Crippen LogP contribution in [0.3, 0.4) is 0 Å². The fraction of sp³-hybridized carbons (Fsp3) is 0.727. The van der Waals surface area contributed by atoms with E-state index in [1.807, 2.05) is 17.9 Å². The number of nitrogens with one attached hydrogen (secondary N) is 1. The number of nitrogens with zero attached hydrogens (tertiary/aromatic N) is 2. The molecule has 1 heterocycles. The molecule has 1 unspecified atom stereocenters. The molecule has 0 aliphatic rings. The second-order valence-electron chi connectivity index (χ2n) is 3.80. The Morgan fingerprint density at radius 3 is 2.80 bits per heavy atom. The lowest BCUT2D eigenvalue weighted by Gasteiger charge is -2.13. The van der Waals surface area contributed by atoms with Gasteiger partial charge >= 0.3 is 0 Å². The number of rotatable bonds is 6. The van der Waals surface area contributed by atoms with Gasteiger partial charge in [0.2, 0.25) is 0 Å². The number of aryl methyl sites for hydroxylation is 2. The van der Waals surface area contributed by atoms with Crippen molar-refractivity contribution in [2.75, 3.05) is 6.61 Å². The van der Waals surface area contributed by atoms with Gasteiger partial charge in [0.15, 0.2) is 0 Å². The highest BCUT2D eigenvalue weighted by atomic mass is 16.3. The third-order valence-corrected chi connectivity index (χ3v) is 2.62. The Kier molecular flexibility index (Phi) is 4.78. The molecule has 0 bridgehead atoms. The fourth-order valence-electron chi connectivity index (χ4n) is 1.62. The SMILES string of the molecule is CCc1nn(C)cc1CNC(CC)CO. The lowest BCUT2D eigenvalue weighted by atomic mass is 10.2. The Hall–Kier alpha value is -0.870. The molecule has 1 aromatic heterocycles. The van der Waals surface area contributed by atoms with E-state index in [0.29, 0.717) is 0 Å². The standard InChI is InChI=1S/C11H21N3O/c1-4-10(8-15)12-6-9-7-14(3)13-11(9)5-2/h7,10,12,15H,4-6,8H2,1-3H3. The van der Waals surface area contributed by atoms with E-state index in [4.69, 9.17) is 5.11 Å². The number of aliphatic hydroxyl groups excluding tert-OH is 1. The number of aliphatic hydroxyl groups is 1. The second-order valence-corrected chi connectivity index (χ2v) is 3.80. The quantitative estimate of drug-likeness (QED) is 0.733. The van der Waals surface area contributed by atoms with Crippen molar-refractivity contribution in [3.05, 3.63) is 17.5 Å². The largest absolute Gasteiger partial charge is 0.395 e. The highest BCUT2D eigenvalue weighted by molar-refractivity contribution is 5.16. The van der Waals surface area contributed by atoms with Crippen molar-refractivity contribution in [2.45, 2.75) is 39.3 Å². The molecular formula is C11H21N3O. The van der Waals surface area contributed by atoms with Gasteiger partial charge < -0.3 is 10.4 Å². The normalized spacial score (nSPS) is 13.1. The minimum atomic E-state index is 0.190. The van der Waals surface area contributed by atoms with Gasteiger partial charge in [-0.3, -0.25) is 4.68 Å². The van der Waals surface area contributed by atoms with Crippen LogP contribution in [-0.2, 0) is 20.0 Å². The molecule has 0 saturated carbocycles. The first kappa shape index (κ1) is 12.2. The molecule has 86 valence electrons. The van der Waals surface area contributed by atoms with E-state index >= 15 is 0 Å². The Balaban J connectivity index is 2.55. The van der Waals surface area contributed by atoms with E-state index in [1.165, 1.54) is 5.56 Å². The monoisotopic (exact) mass is 211 g/mol. The van der Waals surface area contributed by atoms with Crippen LogP contribution in [0.4, 0.5) is 0 Å². The third-order valence-electron chi connectivity index (χ3n) is 2.62. The fourth-order valence-corrected chi connectivity index (χ4v) is 1.62. The summed E-state index contributed by atoms with van der Waals surface area (Å²) in [4.78, 5) is 0. The summed E-state index contributed by atoms with van der Waals surface area (Å²) < 4.78 is 1.84. The predicted molar refractivity (Wildman–Crippen MR) is 60.6 cm³/mol. The molecule has 0 aromatic carbocycles. The maximum absolute atomic E-state index is 9.05. The van der Waals surface area contributed by atoms with E-state index in [-0.39, 0.29) is 12.6 Å². The van der Waals surface area contributed by atoms with Crippen LogP contribution in [0, 0.1) is 0 Å². The van der Waals surface area contributed by atoms with Gasteiger partial charge in [0.05, 0.1) is 12.3 Å². The van der Waals surface area contributed by atoms with Crippen molar-refractivity contribution in [3.63, 3.8) is 0 Å². The topological polar surface area (TPSA) is 50.1 Å². The molecule has 0 radical (unpaired) electrons. The molecule has 2 N–H and O–H groups in total. The van der Waals surface area contributed by atoms with Gasteiger partial charge in [-0.05, 0) is 12.8 Å². The molecule has 1 rings (SSSR count). The van der Waals surface area contributed by atoms with Crippen LogP contribution in [0.25, 0.3) is 0 Å². The molecule has 4 nitrogen and oxygen atoms in total. The van der Waals surface area contributed by atoms with Crippen molar-refractivity contribution >= 4 is 0 Å². The zero-order valence-corrected chi connectivity index (χ0v) is 9.82. The predicted octanol–water partition coefficient (Wildman–Crippen LogP) is 0.843. The van der Waals surface area contributed by atoms with Crippen molar-refractivity contribution in [2.24, 2.45) is 7.05 Å². The summed E-state index contributed by atoms with van der Waals surface area (Å²) in [7, 11) is 1.94. The van der Waals surface area contributed by atoms with Crippen LogP contribution in [0.1, 0.15) is 31.5 Å². The maximum Gasteiger partial charge on any atom is 0.0666 e. The number of aromatic nitrogens is 2. The van der Waals surface area contributed by atoms with Crippen LogP contribution in [0.5, 0.6) is 0 Å². The minimum Gasteiger partial charge on any atom is -0.395 e. The third kappa shape index (κ3) is 3.32. The summed E-state index contributed by atoms with van der Waals surface area (Å²) >= 11 is 0. The first-order valence-electron chi connectivity index (χ1n) is 5.56. The molecule has 1 aromatic rings. The van der Waals surface area contributed by atoms with Crippen LogP contribution in [-0.4, -0.2) is 27.5 Å². The molecule has 0 amide bonds. The smallest absolute Gasteiger partial charge is 0.0666 e. The average Bonchev–Trinajstić information content (AvgIpc) is 2.60. The van der Waals surface area contributed by atoms with Gasteiger partial charge in [-0.2, -0.15) is 5.10 Å². The average molecular weight is 211 g/mol. The van der Waals surface area contributed by atoms with Crippen molar-refractivity contribution in [1.82, 2.24) is 15.1 Å². The van der Waals surface area contributed by atoms with Gasteiger partial charge in [0.1, 0.15) is 0 Å². The zero-order chi connectivity index (χ0) is 11.3. The van der Waals surface area contributed by atoms with Gasteiger partial charge in [-0.15, -0.1) is 0 Å². The molecule has 0 saturated heterocycles. The minimum absolute atomic E-state index is 0.190. The van der Waals surface area contributed by atoms with Crippen molar-refractivity contribution < 1.29 is 5.11 Å². The second kappa shape index (κ2) is 5.88. The first-order chi connectivity index (χ1) is 7.21. The lowest BCUT2D eigenvalue weighted by molar-refractivity contribution is 0.238. The summed E-state index contributed by atoms with van der Waals surface area (Å²) in [6.45, 7) is 5.15. The molecule has 4 heteroatoms. The zero-order valence-electron chi connectivity index (χ0n) is 9.82. The van der Waals surface area contributed by atoms with E-state index in [1.54, 1.807) is 0 Å². The number of hydrogen-bond acceptors (Lipinski definition) is 3. The van der Waals surface area contributed by atoms with E-state index in [2.05, 4.69) is 24.3 Å². The Bertz CT molecular complexity index is 292. The van der Waals surface area contributed by atoms with Gasteiger partial charge in [0.25, 0.3) is 0 Å². The van der Waals surface area contributed by atoms with E-state index in [0.717, 1.165) is 25.1 Å². The summed E-state index contributed by atoms with van der Waals surface area (Å²) in [5.41, 5.74) is 2.37.